The van der Waals surface area contributed by atoms with Gasteiger partial charge in [-0.2, -0.15) is 0 Å². The highest BCUT2D eigenvalue weighted by molar-refractivity contribution is 7.92. The maximum Gasteiger partial charge on any atom is 0.261 e. The third-order valence-corrected chi connectivity index (χ3v) is 5.54. The average Bonchev–Trinajstić information content (AvgIpc) is 2.61. The summed E-state index contributed by atoms with van der Waals surface area (Å²) >= 11 is 0. The van der Waals surface area contributed by atoms with Gasteiger partial charge in [0.05, 0.1) is 17.1 Å². The first-order valence-electron chi connectivity index (χ1n) is 8.48. The second kappa shape index (κ2) is 7.47. The Morgan fingerprint density at radius 2 is 1.58 bits per heavy atom. The molecule has 0 bridgehead atoms. The van der Waals surface area contributed by atoms with Gasteiger partial charge in [0, 0.05) is 24.3 Å². The summed E-state index contributed by atoms with van der Waals surface area (Å²) in [4.78, 5) is 14.6. The number of hydrogen-bond donors (Lipinski definition) is 1. The number of anilines is 1. The number of carbonyl (C=O) groups excluding carboxylic acids is 1. The molecule has 138 valence electrons. The molecule has 0 radical (unpaired) electrons. The van der Waals surface area contributed by atoms with Gasteiger partial charge in [0.2, 0.25) is 0 Å². The van der Waals surface area contributed by atoms with E-state index in [1.54, 1.807) is 47.4 Å². The normalized spacial score (nSPS) is 20.6. The second-order valence-electron chi connectivity index (χ2n) is 6.46. The van der Waals surface area contributed by atoms with Crippen molar-refractivity contribution in [3.8, 4) is 0 Å². The molecule has 0 saturated carbocycles. The van der Waals surface area contributed by atoms with Gasteiger partial charge < -0.3 is 9.64 Å². The Labute approximate surface area is 153 Å². The Bertz CT molecular complexity index is 856. The molecule has 7 heteroatoms. The zero-order valence-electron chi connectivity index (χ0n) is 14.8. The van der Waals surface area contributed by atoms with Crippen molar-refractivity contribution in [1.82, 2.24) is 4.90 Å². The van der Waals surface area contributed by atoms with Gasteiger partial charge in [-0.15, -0.1) is 0 Å². The van der Waals surface area contributed by atoms with Crippen molar-refractivity contribution >= 4 is 21.6 Å². The summed E-state index contributed by atoms with van der Waals surface area (Å²) in [6.07, 6.45) is -0.000638. The van der Waals surface area contributed by atoms with Crippen LogP contribution in [0.2, 0.25) is 0 Å². The number of hydrogen-bond acceptors (Lipinski definition) is 4. The number of nitrogens with one attached hydrogen (secondary N) is 1. The minimum atomic E-state index is -3.64. The van der Waals surface area contributed by atoms with Crippen molar-refractivity contribution < 1.29 is 17.9 Å². The summed E-state index contributed by atoms with van der Waals surface area (Å²) in [7, 11) is -3.64. The van der Waals surface area contributed by atoms with Crippen molar-refractivity contribution in [2.75, 3.05) is 17.8 Å². The quantitative estimate of drug-likeness (QED) is 0.893. The minimum Gasteiger partial charge on any atom is -0.372 e. The largest absolute Gasteiger partial charge is 0.372 e. The molecule has 2 aromatic carbocycles. The number of rotatable bonds is 4. The highest BCUT2D eigenvalue weighted by atomic mass is 32.2. The van der Waals surface area contributed by atoms with E-state index in [1.807, 2.05) is 13.8 Å². The van der Waals surface area contributed by atoms with Crippen LogP contribution < -0.4 is 4.72 Å². The lowest BCUT2D eigenvalue weighted by Gasteiger charge is -2.35. The van der Waals surface area contributed by atoms with Crippen LogP contribution in [0.25, 0.3) is 0 Å². The minimum absolute atomic E-state index is 0.000319. The molecule has 1 N–H and O–H groups in total. The summed E-state index contributed by atoms with van der Waals surface area (Å²) in [5, 5.41) is 0. The first kappa shape index (κ1) is 18.4. The number of amides is 1. The predicted octanol–water partition coefficient (Wildman–Crippen LogP) is 2.74. The molecule has 0 unspecified atom stereocenters. The van der Waals surface area contributed by atoms with Crippen LogP contribution in [0.3, 0.4) is 0 Å². The molecule has 3 rings (SSSR count). The van der Waals surface area contributed by atoms with Crippen molar-refractivity contribution in [2.24, 2.45) is 0 Å². The highest BCUT2D eigenvalue weighted by Crippen LogP contribution is 2.19. The maximum atomic E-state index is 12.6. The van der Waals surface area contributed by atoms with Gasteiger partial charge in [-0.3, -0.25) is 9.52 Å². The number of carbonyl (C=O) groups is 1. The Balaban J connectivity index is 1.71. The van der Waals surface area contributed by atoms with E-state index >= 15 is 0 Å². The fourth-order valence-corrected chi connectivity index (χ4v) is 4.10. The highest BCUT2D eigenvalue weighted by Gasteiger charge is 2.26. The van der Waals surface area contributed by atoms with Gasteiger partial charge in [-0.1, -0.05) is 18.2 Å². The fraction of sp³-hybridized carbons (Fsp3) is 0.316. The van der Waals surface area contributed by atoms with E-state index in [4.69, 9.17) is 4.74 Å². The van der Waals surface area contributed by atoms with Gasteiger partial charge >= 0.3 is 0 Å². The number of sulfonamides is 1. The third kappa shape index (κ3) is 4.23. The zero-order valence-corrected chi connectivity index (χ0v) is 15.6. The molecule has 1 heterocycles. The van der Waals surface area contributed by atoms with E-state index in [2.05, 4.69) is 4.72 Å². The molecule has 2 atom stereocenters. The van der Waals surface area contributed by atoms with Gasteiger partial charge in [-0.05, 0) is 50.2 Å². The SMILES string of the molecule is C[C@@H]1CN(C(=O)c2ccc(NS(=O)(=O)c3ccccc3)cc2)C[C@H](C)O1. The summed E-state index contributed by atoms with van der Waals surface area (Å²) in [6, 6.07) is 14.6. The summed E-state index contributed by atoms with van der Waals surface area (Å²) in [5.41, 5.74) is 0.933. The molecule has 6 nitrogen and oxygen atoms in total. The molecule has 1 aliphatic rings. The van der Waals surface area contributed by atoms with Crippen molar-refractivity contribution in [1.29, 1.82) is 0 Å². The van der Waals surface area contributed by atoms with E-state index in [9.17, 15) is 13.2 Å². The molecular weight excluding hydrogens is 352 g/mol. The van der Waals surface area contributed by atoms with Crippen LogP contribution in [-0.2, 0) is 14.8 Å². The standard InChI is InChI=1S/C19H22N2O4S/c1-14-12-21(13-15(2)25-14)19(22)16-8-10-17(11-9-16)20-26(23,24)18-6-4-3-5-7-18/h3-11,14-15,20H,12-13H2,1-2H3/t14-,15+. The lowest BCUT2D eigenvalue weighted by molar-refractivity contribution is -0.0586. The summed E-state index contributed by atoms with van der Waals surface area (Å²) in [5.74, 6) is -0.0792. The van der Waals surface area contributed by atoms with Gasteiger partial charge in [-0.25, -0.2) is 8.42 Å². The first-order valence-corrected chi connectivity index (χ1v) is 9.96. The topological polar surface area (TPSA) is 75.7 Å². The van der Waals surface area contributed by atoms with Crippen LogP contribution in [0.4, 0.5) is 5.69 Å². The van der Waals surface area contributed by atoms with Crippen molar-refractivity contribution in [3.63, 3.8) is 0 Å². The lowest BCUT2D eigenvalue weighted by atomic mass is 10.1. The molecule has 1 amide bonds. The van der Waals surface area contributed by atoms with Gasteiger partial charge in [0.1, 0.15) is 0 Å². The first-order chi connectivity index (χ1) is 12.3. The molecule has 0 aromatic heterocycles. The summed E-state index contributed by atoms with van der Waals surface area (Å²) in [6.45, 7) is 4.98. The van der Waals surface area contributed by atoms with Crippen LogP contribution >= 0.6 is 0 Å². The van der Waals surface area contributed by atoms with Crippen LogP contribution in [0, 0.1) is 0 Å². The molecule has 1 aliphatic heterocycles. The zero-order chi connectivity index (χ0) is 18.7. The Kier molecular flexibility index (Phi) is 5.29. The third-order valence-electron chi connectivity index (χ3n) is 4.14. The van der Waals surface area contributed by atoms with Crippen molar-refractivity contribution in [3.05, 3.63) is 60.2 Å². The Morgan fingerprint density at radius 1 is 1.00 bits per heavy atom. The Morgan fingerprint density at radius 3 is 2.15 bits per heavy atom. The van der Waals surface area contributed by atoms with Gasteiger partial charge in [0.15, 0.2) is 0 Å². The van der Waals surface area contributed by atoms with Crippen LogP contribution in [0.15, 0.2) is 59.5 Å². The van der Waals surface area contributed by atoms with Gasteiger partial charge in [0.25, 0.3) is 15.9 Å². The molecule has 1 saturated heterocycles. The molecule has 0 spiro atoms. The maximum absolute atomic E-state index is 12.6. The smallest absolute Gasteiger partial charge is 0.261 e. The monoisotopic (exact) mass is 374 g/mol. The second-order valence-corrected chi connectivity index (χ2v) is 8.15. The molecule has 1 fully saturated rings. The number of ether oxygens (including phenoxy) is 1. The van der Waals surface area contributed by atoms with E-state index < -0.39 is 10.0 Å². The molecular formula is C19H22N2O4S. The van der Waals surface area contributed by atoms with E-state index in [0.29, 0.717) is 24.3 Å². The number of nitrogens with zero attached hydrogens (tertiary/aromatic N) is 1. The van der Waals surface area contributed by atoms with Crippen LogP contribution in [-0.4, -0.2) is 44.5 Å². The van der Waals surface area contributed by atoms with E-state index in [-0.39, 0.29) is 23.0 Å². The van der Waals surface area contributed by atoms with Crippen LogP contribution in [0.5, 0.6) is 0 Å². The van der Waals surface area contributed by atoms with E-state index in [1.165, 1.54) is 12.1 Å². The lowest BCUT2D eigenvalue weighted by Crippen LogP contribution is -2.48. The molecule has 2 aromatic rings. The van der Waals surface area contributed by atoms with E-state index in [0.717, 1.165) is 0 Å². The average molecular weight is 374 g/mol. The fourth-order valence-electron chi connectivity index (χ4n) is 3.02. The van der Waals surface area contributed by atoms with Crippen molar-refractivity contribution in [2.45, 2.75) is 31.0 Å². The number of benzene rings is 2. The predicted molar refractivity (Wildman–Crippen MR) is 99.6 cm³/mol. The summed E-state index contributed by atoms with van der Waals surface area (Å²) < 4.78 is 32.8. The van der Waals surface area contributed by atoms with Crippen LogP contribution in [0.1, 0.15) is 24.2 Å². The molecule has 26 heavy (non-hydrogen) atoms. The number of morpholine rings is 1. The molecule has 0 aliphatic carbocycles. The Hall–Kier alpha value is -2.38.